The second kappa shape index (κ2) is 4.35. The van der Waals surface area contributed by atoms with Gasteiger partial charge < -0.3 is 10.2 Å². The fourth-order valence-electron chi connectivity index (χ4n) is 6.75. The van der Waals surface area contributed by atoms with Crippen LogP contribution in [0, 0.1) is 27.6 Å². The molecule has 3 aliphatic rings. The minimum Gasteiger partial charge on any atom is -0.396 e. The number of hydrogen-bond acceptors (Lipinski definition) is 2. The molecule has 21 heavy (non-hydrogen) atoms. The fourth-order valence-corrected chi connectivity index (χ4v) is 6.75. The molecule has 120 valence electrons. The van der Waals surface area contributed by atoms with Gasteiger partial charge in [0.25, 0.3) is 0 Å². The van der Waals surface area contributed by atoms with Gasteiger partial charge in [0.2, 0.25) is 0 Å². The van der Waals surface area contributed by atoms with E-state index in [0.29, 0.717) is 5.41 Å². The molecule has 0 aromatic heterocycles. The van der Waals surface area contributed by atoms with Crippen LogP contribution in [0.25, 0.3) is 0 Å². The van der Waals surface area contributed by atoms with E-state index in [0.717, 1.165) is 19.3 Å². The van der Waals surface area contributed by atoms with Crippen LogP contribution in [0.1, 0.15) is 66.7 Å². The molecule has 0 aliphatic heterocycles. The zero-order valence-electron chi connectivity index (χ0n) is 14.4. The zero-order chi connectivity index (χ0) is 15.7. The van der Waals surface area contributed by atoms with E-state index in [9.17, 15) is 10.2 Å². The molecule has 1 saturated carbocycles. The van der Waals surface area contributed by atoms with Gasteiger partial charge in [0, 0.05) is 11.3 Å². The molecule has 1 fully saturated rings. The Morgan fingerprint density at radius 3 is 2.19 bits per heavy atom. The van der Waals surface area contributed by atoms with Gasteiger partial charge in [-0.15, -0.1) is 0 Å². The number of aliphatic hydroxyl groups is 2. The zero-order valence-corrected chi connectivity index (χ0v) is 14.4. The minimum atomic E-state index is -0.0781. The molecule has 0 amide bonds. The third-order valence-corrected chi connectivity index (χ3v) is 6.53. The average molecular weight is 292 g/mol. The maximum atomic E-state index is 10.4. The minimum absolute atomic E-state index is 0.0781. The molecular weight excluding hydrogens is 260 g/mol. The van der Waals surface area contributed by atoms with Crippen LogP contribution in [0.3, 0.4) is 0 Å². The quantitative estimate of drug-likeness (QED) is 0.757. The van der Waals surface area contributed by atoms with Crippen molar-refractivity contribution < 1.29 is 10.2 Å². The van der Waals surface area contributed by atoms with Crippen molar-refractivity contribution in [1.29, 1.82) is 0 Å². The van der Waals surface area contributed by atoms with Crippen molar-refractivity contribution >= 4 is 0 Å². The van der Waals surface area contributed by atoms with E-state index in [1.54, 1.807) is 5.57 Å². The van der Waals surface area contributed by atoms with E-state index < -0.39 is 0 Å². The molecule has 2 nitrogen and oxygen atoms in total. The Morgan fingerprint density at radius 2 is 1.62 bits per heavy atom. The SMILES string of the molecule is CC1(C)C[C@@]2(C)CC3=C([C@@H](CO)C(C)(C)C3)[C@@](CO)(C1)C2. The van der Waals surface area contributed by atoms with Crippen LogP contribution in [-0.4, -0.2) is 23.4 Å². The van der Waals surface area contributed by atoms with E-state index in [1.807, 2.05) is 0 Å². The van der Waals surface area contributed by atoms with Gasteiger partial charge in [0.05, 0.1) is 13.2 Å². The summed E-state index contributed by atoms with van der Waals surface area (Å²) in [7, 11) is 0. The van der Waals surface area contributed by atoms with Crippen molar-refractivity contribution in [1.82, 2.24) is 0 Å². The number of hydrogen-bond donors (Lipinski definition) is 2. The molecule has 3 aliphatic carbocycles. The summed E-state index contributed by atoms with van der Waals surface area (Å²) in [6, 6.07) is 0. The molecule has 3 rings (SSSR count). The van der Waals surface area contributed by atoms with Crippen molar-refractivity contribution in [2.75, 3.05) is 13.2 Å². The summed E-state index contributed by atoms with van der Waals surface area (Å²) >= 11 is 0. The van der Waals surface area contributed by atoms with Crippen LogP contribution >= 0.6 is 0 Å². The van der Waals surface area contributed by atoms with Crippen LogP contribution in [0.2, 0.25) is 0 Å². The van der Waals surface area contributed by atoms with E-state index in [-0.39, 0.29) is 35.4 Å². The highest BCUT2D eigenvalue weighted by atomic mass is 16.3. The van der Waals surface area contributed by atoms with Gasteiger partial charge in [0.15, 0.2) is 0 Å². The lowest BCUT2D eigenvalue weighted by atomic mass is 9.47. The summed E-state index contributed by atoms with van der Waals surface area (Å²) in [6.07, 6.45) is 5.70. The van der Waals surface area contributed by atoms with Crippen LogP contribution < -0.4 is 0 Å². The molecular formula is C19H32O2. The molecule has 0 aromatic carbocycles. The average Bonchev–Trinajstić information content (AvgIpc) is 2.55. The van der Waals surface area contributed by atoms with Gasteiger partial charge in [0.1, 0.15) is 0 Å². The third-order valence-electron chi connectivity index (χ3n) is 6.53. The Kier molecular flexibility index (Phi) is 3.22. The topological polar surface area (TPSA) is 40.5 Å². The highest BCUT2D eigenvalue weighted by Crippen LogP contribution is 2.68. The lowest BCUT2D eigenvalue weighted by Gasteiger charge is -2.57. The Morgan fingerprint density at radius 1 is 0.952 bits per heavy atom. The Bertz CT molecular complexity index is 488. The normalized spacial score (nSPS) is 43.9. The Balaban J connectivity index is 2.13. The highest BCUT2D eigenvalue weighted by Gasteiger charge is 2.59. The van der Waals surface area contributed by atoms with Crippen LogP contribution in [-0.2, 0) is 0 Å². The van der Waals surface area contributed by atoms with Gasteiger partial charge in [-0.25, -0.2) is 0 Å². The van der Waals surface area contributed by atoms with Crippen LogP contribution in [0.15, 0.2) is 11.1 Å². The summed E-state index contributed by atoms with van der Waals surface area (Å²) in [4.78, 5) is 0. The standard InChI is InChI=1S/C19H32O2/c1-16(2)9-18(5)7-13-6-17(3,4)14(8-20)15(13)19(10-16,11-18)12-21/h14,20-21H,6-12H2,1-5H3/t14-,18-,19+/m1/s1. The maximum absolute atomic E-state index is 10.4. The van der Waals surface area contributed by atoms with Crippen LogP contribution in [0.4, 0.5) is 0 Å². The summed E-state index contributed by atoms with van der Waals surface area (Å²) in [5.41, 5.74) is 3.68. The smallest absolute Gasteiger partial charge is 0.0525 e. The number of allylic oxidation sites excluding steroid dienone is 1. The van der Waals surface area contributed by atoms with E-state index in [2.05, 4.69) is 34.6 Å². The predicted molar refractivity (Wildman–Crippen MR) is 85.9 cm³/mol. The summed E-state index contributed by atoms with van der Waals surface area (Å²) < 4.78 is 0. The largest absolute Gasteiger partial charge is 0.396 e. The van der Waals surface area contributed by atoms with Gasteiger partial charge in [-0.3, -0.25) is 0 Å². The Labute approximate surface area is 129 Å². The van der Waals surface area contributed by atoms with E-state index in [1.165, 1.54) is 18.4 Å². The number of aliphatic hydroxyl groups excluding tert-OH is 2. The summed E-state index contributed by atoms with van der Waals surface area (Å²) in [6.45, 7) is 12.2. The molecule has 2 heteroatoms. The second-order valence-electron chi connectivity index (χ2n) is 10.0. The molecule has 0 heterocycles. The van der Waals surface area contributed by atoms with Crippen molar-refractivity contribution in [2.24, 2.45) is 27.6 Å². The summed E-state index contributed by atoms with van der Waals surface area (Å²) in [5, 5.41) is 20.4. The van der Waals surface area contributed by atoms with Crippen molar-refractivity contribution in [2.45, 2.75) is 66.7 Å². The first-order valence-corrected chi connectivity index (χ1v) is 8.51. The van der Waals surface area contributed by atoms with Gasteiger partial charge in [-0.2, -0.15) is 0 Å². The van der Waals surface area contributed by atoms with Gasteiger partial charge >= 0.3 is 0 Å². The molecule has 0 saturated heterocycles. The lowest BCUT2D eigenvalue weighted by Crippen LogP contribution is -2.49. The Hall–Kier alpha value is -0.340. The third kappa shape index (κ3) is 2.21. The molecule has 3 atom stereocenters. The number of rotatable bonds is 2. The van der Waals surface area contributed by atoms with Gasteiger partial charge in [-0.05, 0) is 48.3 Å². The lowest BCUT2D eigenvalue weighted by molar-refractivity contribution is -0.0404. The fraction of sp³-hybridized carbons (Fsp3) is 0.895. The van der Waals surface area contributed by atoms with Crippen molar-refractivity contribution in [3.63, 3.8) is 0 Å². The monoisotopic (exact) mass is 292 g/mol. The van der Waals surface area contributed by atoms with Gasteiger partial charge in [-0.1, -0.05) is 45.8 Å². The maximum Gasteiger partial charge on any atom is 0.0525 e. The first-order chi connectivity index (χ1) is 9.56. The van der Waals surface area contributed by atoms with Crippen molar-refractivity contribution in [3.8, 4) is 0 Å². The summed E-state index contributed by atoms with van der Waals surface area (Å²) in [5.74, 6) is 0.234. The predicted octanol–water partition coefficient (Wildman–Crippen LogP) is 3.92. The molecule has 2 N–H and O–H groups in total. The highest BCUT2D eigenvalue weighted by molar-refractivity contribution is 5.38. The molecule has 0 radical (unpaired) electrons. The first kappa shape index (κ1) is 15.6. The van der Waals surface area contributed by atoms with Crippen molar-refractivity contribution in [3.05, 3.63) is 11.1 Å². The molecule has 2 bridgehead atoms. The molecule has 0 spiro atoms. The van der Waals surface area contributed by atoms with Crippen LogP contribution in [0.5, 0.6) is 0 Å². The molecule has 0 unspecified atom stereocenters. The number of fused-ring (bicyclic) bond motifs is 3. The van der Waals surface area contributed by atoms with E-state index in [4.69, 9.17) is 0 Å². The van der Waals surface area contributed by atoms with E-state index >= 15 is 0 Å². The molecule has 0 aromatic rings. The second-order valence-corrected chi connectivity index (χ2v) is 10.0. The first-order valence-electron chi connectivity index (χ1n) is 8.51.